The zero-order chi connectivity index (χ0) is 17.1. The molecule has 4 rings (SSSR count). The van der Waals surface area contributed by atoms with Crippen LogP contribution in [0.2, 0.25) is 0 Å². The normalized spacial score (nSPS) is 10.9. The number of aromatic amines is 1. The molecule has 2 aromatic heterocycles. The summed E-state index contributed by atoms with van der Waals surface area (Å²) in [5.41, 5.74) is 2.84. The van der Waals surface area contributed by atoms with E-state index in [0.717, 1.165) is 27.5 Å². The number of nitrogens with zero attached hydrogens (tertiary/aromatic N) is 3. The Balaban J connectivity index is 1.64. The molecule has 0 amide bonds. The lowest BCUT2D eigenvalue weighted by Gasteiger charge is -2.10. The summed E-state index contributed by atoms with van der Waals surface area (Å²) in [6.45, 7) is 0. The molecule has 0 bridgehead atoms. The number of aromatic nitrogens is 4. The summed E-state index contributed by atoms with van der Waals surface area (Å²) in [5.74, 6) is 1.53. The Morgan fingerprint density at radius 2 is 1.80 bits per heavy atom. The summed E-state index contributed by atoms with van der Waals surface area (Å²) in [6.07, 6.45) is 1.73. The van der Waals surface area contributed by atoms with Crippen molar-refractivity contribution in [2.24, 2.45) is 0 Å². The van der Waals surface area contributed by atoms with Crippen molar-refractivity contribution in [1.29, 1.82) is 0 Å². The van der Waals surface area contributed by atoms with Crippen molar-refractivity contribution in [1.82, 2.24) is 20.2 Å². The summed E-state index contributed by atoms with van der Waals surface area (Å²) in [5, 5.41) is 11.9. The van der Waals surface area contributed by atoms with Gasteiger partial charge in [0.2, 0.25) is 0 Å². The van der Waals surface area contributed by atoms with Crippen molar-refractivity contribution < 1.29 is 0 Å². The van der Waals surface area contributed by atoms with E-state index in [9.17, 15) is 0 Å². The van der Waals surface area contributed by atoms with Crippen LogP contribution in [-0.2, 0) is 5.75 Å². The van der Waals surface area contributed by atoms with Gasteiger partial charge in [0.15, 0.2) is 10.8 Å². The Labute approximate surface area is 154 Å². The highest BCUT2D eigenvalue weighted by Gasteiger charge is 2.11. The van der Waals surface area contributed by atoms with Crippen LogP contribution in [0, 0.1) is 0 Å². The number of benzene rings is 2. The zero-order valence-corrected chi connectivity index (χ0v) is 14.9. The quantitative estimate of drug-likeness (QED) is 0.272. The van der Waals surface area contributed by atoms with E-state index in [1.807, 2.05) is 42.5 Å². The Morgan fingerprint density at radius 1 is 1.00 bits per heavy atom. The number of fused-ring (bicyclic) bond motifs is 1. The standard InChI is InChI=1S/C18H15N5S2/c24-15-9-5-4-8-14(15)20-16-13-10-19-23-17(13)22-18(21-16)25-11-12-6-2-1-3-7-12/h1-10,24H,11H2,(H2,19,20,21,22,23). The van der Waals surface area contributed by atoms with E-state index in [-0.39, 0.29) is 0 Å². The van der Waals surface area contributed by atoms with Crippen molar-refractivity contribution in [2.45, 2.75) is 15.8 Å². The van der Waals surface area contributed by atoms with Gasteiger partial charge in [0.1, 0.15) is 5.82 Å². The van der Waals surface area contributed by atoms with E-state index in [1.165, 1.54) is 5.56 Å². The molecule has 5 nitrogen and oxygen atoms in total. The van der Waals surface area contributed by atoms with Crippen LogP contribution in [0.1, 0.15) is 5.56 Å². The van der Waals surface area contributed by atoms with Crippen molar-refractivity contribution in [3.8, 4) is 0 Å². The second-order valence-electron chi connectivity index (χ2n) is 5.40. The zero-order valence-electron chi connectivity index (χ0n) is 13.2. The topological polar surface area (TPSA) is 66.5 Å². The molecule has 4 aromatic rings. The molecule has 0 aliphatic carbocycles. The third-order valence-electron chi connectivity index (χ3n) is 3.66. The Bertz CT molecular complexity index is 1000. The van der Waals surface area contributed by atoms with E-state index in [0.29, 0.717) is 10.8 Å². The maximum atomic E-state index is 4.67. The van der Waals surface area contributed by atoms with Crippen molar-refractivity contribution in [3.63, 3.8) is 0 Å². The van der Waals surface area contributed by atoms with Crippen LogP contribution in [0.15, 0.2) is 70.8 Å². The smallest absolute Gasteiger partial charge is 0.191 e. The molecule has 0 spiro atoms. The first-order chi connectivity index (χ1) is 12.3. The predicted molar refractivity (Wildman–Crippen MR) is 105 cm³/mol. The monoisotopic (exact) mass is 365 g/mol. The van der Waals surface area contributed by atoms with Gasteiger partial charge in [-0.1, -0.05) is 54.2 Å². The third kappa shape index (κ3) is 3.62. The molecule has 0 unspecified atom stereocenters. The number of nitrogens with one attached hydrogen (secondary N) is 2. The molecule has 2 N–H and O–H groups in total. The molecule has 0 aliphatic heterocycles. The lowest BCUT2D eigenvalue weighted by atomic mass is 10.2. The van der Waals surface area contributed by atoms with Crippen molar-refractivity contribution >= 4 is 46.9 Å². The summed E-state index contributed by atoms with van der Waals surface area (Å²) in [6, 6.07) is 18.1. The Hall–Kier alpha value is -2.51. The molecule has 0 saturated heterocycles. The van der Waals surface area contributed by atoms with Crippen LogP contribution in [-0.4, -0.2) is 20.2 Å². The third-order valence-corrected chi connectivity index (χ3v) is 4.97. The Kier molecular flexibility index (Phi) is 4.58. The maximum absolute atomic E-state index is 4.67. The summed E-state index contributed by atoms with van der Waals surface area (Å²) in [7, 11) is 0. The second kappa shape index (κ2) is 7.16. The lowest BCUT2D eigenvalue weighted by Crippen LogP contribution is -1.98. The van der Waals surface area contributed by atoms with Crippen molar-refractivity contribution in [3.05, 3.63) is 66.4 Å². The molecule has 0 atom stereocenters. The van der Waals surface area contributed by atoms with Crippen LogP contribution < -0.4 is 5.32 Å². The number of rotatable bonds is 5. The van der Waals surface area contributed by atoms with E-state index in [4.69, 9.17) is 0 Å². The van der Waals surface area contributed by atoms with Crippen LogP contribution in [0.3, 0.4) is 0 Å². The Morgan fingerprint density at radius 3 is 2.64 bits per heavy atom. The molecule has 0 fully saturated rings. The molecule has 0 radical (unpaired) electrons. The van der Waals surface area contributed by atoms with E-state index in [2.05, 4.69) is 50.2 Å². The number of anilines is 2. The van der Waals surface area contributed by atoms with Gasteiger partial charge in [0.25, 0.3) is 0 Å². The summed E-state index contributed by atoms with van der Waals surface area (Å²) >= 11 is 6.08. The van der Waals surface area contributed by atoms with E-state index in [1.54, 1.807) is 18.0 Å². The fourth-order valence-electron chi connectivity index (χ4n) is 2.40. The van der Waals surface area contributed by atoms with Gasteiger partial charge in [-0.2, -0.15) is 5.10 Å². The van der Waals surface area contributed by atoms with Crippen molar-refractivity contribution in [2.75, 3.05) is 5.32 Å². The first-order valence-corrected chi connectivity index (χ1v) is 9.16. The highest BCUT2D eigenvalue weighted by molar-refractivity contribution is 7.98. The molecule has 0 saturated carbocycles. The molecule has 0 aliphatic rings. The highest BCUT2D eigenvalue weighted by atomic mass is 32.2. The summed E-state index contributed by atoms with van der Waals surface area (Å²) < 4.78 is 0. The minimum atomic E-state index is 0.694. The van der Waals surface area contributed by atoms with Gasteiger partial charge in [-0.15, -0.1) is 12.6 Å². The second-order valence-corrected chi connectivity index (χ2v) is 6.83. The number of thiol groups is 1. The average molecular weight is 365 g/mol. The van der Waals surface area contributed by atoms with Crippen LogP contribution in [0.4, 0.5) is 11.5 Å². The largest absolute Gasteiger partial charge is 0.339 e. The minimum Gasteiger partial charge on any atom is -0.339 e. The van der Waals surface area contributed by atoms with Gasteiger partial charge >= 0.3 is 0 Å². The fourth-order valence-corrected chi connectivity index (χ4v) is 3.42. The van der Waals surface area contributed by atoms with E-state index < -0.39 is 0 Å². The number of para-hydroxylation sites is 1. The van der Waals surface area contributed by atoms with Crippen LogP contribution >= 0.6 is 24.4 Å². The lowest BCUT2D eigenvalue weighted by molar-refractivity contribution is 0.983. The molecule has 124 valence electrons. The molecule has 25 heavy (non-hydrogen) atoms. The fraction of sp³-hybridized carbons (Fsp3) is 0.0556. The van der Waals surface area contributed by atoms with Gasteiger partial charge in [-0.25, -0.2) is 9.97 Å². The van der Waals surface area contributed by atoms with Gasteiger partial charge in [0, 0.05) is 10.6 Å². The molecule has 7 heteroatoms. The number of hydrogen-bond acceptors (Lipinski definition) is 6. The van der Waals surface area contributed by atoms with Gasteiger partial charge in [-0.05, 0) is 17.7 Å². The average Bonchev–Trinajstić information content (AvgIpc) is 3.12. The van der Waals surface area contributed by atoms with Crippen LogP contribution in [0.5, 0.6) is 0 Å². The molecular formula is C18H15N5S2. The first-order valence-electron chi connectivity index (χ1n) is 7.72. The highest BCUT2D eigenvalue weighted by Crippen LogP contribution is 2.29. The number of hydrogen-bond donors (Lipinski definition) is 3. The molecular weight excluding hydrogens is 350 g/mol. The number of H-pyrrole nitrogens is 1. The van der Waals surface area contributed by atoms with E-state index >= 15 is 0 Å². The number of thioether (sulfide) groups is 1. The SMILES string of the molecule is Sc1ccccc1Nc1nc(SCc2ccccc2)nc2[nH]ncc12. The molecule has 2 aromatic carbocycles. The van der Waals surface area contributed by atoms with Gasteiger partial charge in [0.05, 0.1) is 17.3 Å². The summed E-state index contributed by atoms with van der Waals surface area (Å²) in [4.78, 5) is 10.1. The predicted octanol–water partition coefficient (Wildman–Crippen LogP) is 4.68. The molecule has 2 heterocycles. The first kappa shape index (κ1) is 16.0. The van der Waals surface area contributed by atoms with Gasteiger partial charge in [-0.3, -0.25) is 5.10 Å². The van der Waals surface area contributed by atoms with Crippen LogP contribution in [0.25, 0.3) is 11.0 Å². The maximum Gasteiger partial charge on any atom is 0.191 e. The minimum absolute atomic E-state index is 0.694. The van der Waals surface area contributed by atoms with Gasteiger partial charge < -0.3 is 5.32 Å².